The maximum absolute atomic E-state index is 13.1. The summed E-state index contributed by atoms with van der Waals surface area (Å²) in [6.45, 7) is 24.4. The highest BCUT2D eigenvalue weighted by Crippen LogP contribution is 2.76. The molecule has 0 spiro atoms. The van der Waals surface area contributed by atoms with Gasteiger partial charge in [0.1, 0.15) is 6.10 Å². The van der Waals surface area contributed by atoms with E-state index in [-0.39, 0.29) is 57.3 Å². The number of aliphatic hydroxyl groups is 1. The molecule has 0 bridgehead atoms. The third-order valence-electron chi connectivity index (χ3n) is 18.0. The van der Waals surface area contributed by atoms with Crippen LogP contribution >= 0.6 is 0 Å². The summed E-state index contributed by atoms with van der Waals surface area (Å²) in [5.41, 5.74) is -0.633. The van der Waals surface area contributed by atoms with E-state index < -0.39 is 33.3 Å². The Labute approximate surface area is 327 Å². The number of sulfone groups is 1. The van der Waals surface area contributed by atoms with Gasteiger partial charge in [0.25, 0.3) is 0 Å². The molecular formula is C44H76N2O7S. The van der Waals surface area contributed by atoms with Crippen molar-refractivity contribution in [2.75, 3.05) is 31.1 Å². The average molecular weight is 777 g/mol. The highest BCUT2D eigenvalue weighted by atomic mass is 32.2. The third-order valence-corrected chi connectivity index (χ3v) is 19.6. The van der Waals surface area contributed by atoms with Gasteiger partial charge in [0.2, 0.25) is 0 Å². The molecule has 6 rings (SSSR count). The summed E-state index contributed by atoms with van der Waals surface area (Å²) in [4.78, 5) is 27.1. The van der Waals surface area contributed by atoms with Gasteiger partial charge in [0.15, 0.2) is 9.84 Å². The molecule has 12 atom stereocenters. The van der Waals surface area contributed by atoms with Gasteiger partial charge < -0.3 is 20.3 Å². The van der Waals surface area contributed by atoms with Crippen LogP contribution in [0.15, 0.2) is 0 Å². The molecular weight excluding hydrogens is 701 g/mol. The topological polar surface area (TPSA) is 133 Å². The van der Waals surface area contributed by atoms with E-state index in [9.17, 15) is 28.2 Å². The number of esters is 1. The summed E-state index contributed by atoms with van der Waals surface area (Å²) in [6.07, 6.45) is 11.6. The van der Waals surface area contributed by atoms with E-state index in [0.717, 1.165) is 32.2 Å². The fourth-order valence-corrected chi connectivity index (χ4v) is 16.0. The number of carbonyl (C=O) groups is 2. The average Bonchev–Trinajstić information content (AvgIpc) is 3.45. The van der Waals surface area contributed by atoms with Crippen LogP contribution in [0, 0.1) is 62.6 Å². The molecule has 5 aliphatic carbocycles. The monoisotopic (exact) mass is 777 g/mol. The highest BCUT2D eigenvalue weighted by Gasteiger charge is 2.71. The number of rotatable bonds is 11. The molecule has 6 fully saturated rings. The van der Waals surface area contributed by atoms with Crippen LogP contribution in [-0.4, -0.2) is 90.4 Å². The van der Waals surface area contributed by atoms with Gasteiger partial charge >= 0.3 is 11.9 Å². The van der Waals surface area contributed by atoms with E-state index in [2.05, 4.69) is 58.7 Å². The Morgan fingerprint density at radius 1 is 0.870 bits per heavy atom. The third kappa shape index (κ3) is 7.03. The van der Waals surface area contributed by atoms with Gasteiger partial charge in [-0.2, -0.15) is 0 Å². The lowest BCUT2D eigenvalue weighted by molar-refractivity contribution is -0.247. The van der Waals surface area contributed by atoms with Gasteiger partial charge in [-0.15, -0.1) is 0 Å². The van der Waals surface area contributed by atoms with Crippen LogP contribution in [0.1, 0.15) is 146 Å². The largest absolute Gasteiger partial charge is 0.481 e. The Morgan fingerprint density at radius 2 is 1.54 bits per heavy atom. The standard InChI is InChI=1S/C44H76N2O7S/c1-28(2)30-13-19-44(45-22-16-32(29(3)47)46-23-25-54(51,52)26-24-46)21-20-42(9)31(37(30)44)11-12-34-41(8)17-15-35(53-36(48)27-39(4,5)38(49)50)40(6,7)33(41)14-18-43(34,42)10/h28-35,37,45,47H,11-27H2,1-10H3,(H,49,50)/t29?,30-,31+,32?,33-,34+,35-,37+,41-,42+,43+,44-/m0/s1. The van der Waals surface area contributed by atoms with Crippen molar-refractivity contribution in [3.63, 3.8) is 0 Å². The van der Waals surface area contributed by atoms with Crippen molar-refractivity contribution in [3.8, 4) is 0 Å². The molecule has 10 heteroatoms. The minimum absolute atomic E-state index is 0.0382. The Hall–Kier alpha value is -1.23. The number of nitrogens with zero attached hydrogens (tertiary/aromatic N) is 1. The molecule has 0 aromatic heterocycles. The number of hydrogen-bond acceptors (Lipinski definition) is 8. The summed E-state index contributed by atoms with van der Waals surface area (Å²) in [5, 5.41) is 24.7. The number of ether oxygens (including phenoxy) is 1. The fraction of sp³-hybridized carbons (Fsp3) is 0.955. The number of fused-ring (bicyclic) bond motifs is 7. The Kier molecular flexibility index (Phi) is 11.4. The number of nitrogens with one attached hydrogen (secondary N) is 1. The highest BCUT2D eigenvalue weighted by molar-refractivity contribution is 7.91. The van der Waals surface area contributed by atoms with Crippen molar-refractivity contribution in [1.82, 2.24) is 10.2 Å². The fourth-order valence-electron chi connectivity index (χ4n) is 14.8. The predicted octanol–water partition coefficient (Wildman–Crippen LogP) is 7.35. The second-order valence-electron chi connectivity index (χ2n) is 21.7. The number of carboxylic acid groups (broad SMARTS) is 1. The lowest BCUT2D eigenvalue weighted by Crippen LogP contribution is -2.69. The number of aliphatic carboxylic acids is 1. The molecule has 1 saturated heterocycles. The molecule has 5 saturated carbocycles. The van der Waals surface area contributed by atoms with Crippen molar-refractivity contribution in [2.45, 2.75) is 170 Å². The SMILES string of the molecule is CC(O)C(CCN[C@]12CC[C@@H](C(C)C)[C@@H]1[C@H]1CC[C@@H]3[C@@]4(C)CC[C@H](OC(=O)CC(C)(C)C(=O)O)C(C)(C)[C@@H]4CC[C@@]3(C)[C@]1(C)CC2)N1CCS(=O)(=O)CC1. The number of aliphatic hydroxyl groups excluding tert-OH is 1. The van der Waals surface area contributed by atoms with Crippen molar-refractivity contribution in [3.05, 3.63) is 0 Å². The van der Waals surface area contributed by atoms with Gasteiger partial charge in [-0.3, -0.25) is 14.5 Å². The molecule has 3 N–H and O–H groups in total. The first-order valence-electron chi connectivity index (χ1n) is 21.7. The molecule has 2 unspecified atom stereocenters. The van der Waals surface area contributed by atoms with E-state index in [0.29, 0.717) is 48.6 Å². The molecule has 0 amide bonds. The summed E-state index contributed by atoms with van der Waals surface area (Å²) in [7, 11) is -2.98. The van der Waals surface area contributed by atoms with Gasteiger partial charge in [0.05, 0.1) is 29.4 Å². The lowest BCUT2D eigenvalue weighted by Gasteiger charge is -2.73. The van der Waals surface area contributed by atoms with Crippen LogP contribution in [0.25, 0.3) is 0 Å². The Bertz CT molecular complexity index is 1510. The van der Waals surface area contributed by atoms with E-state index in [1.54, 1.807) is 13.8 Å². The summed E-state index contributed by atoms with van der Waals surface area (Å²) in [5.74, 6) is 2.62. The van der Waals surface area contributed by atoms with E-state index in [1.165, 1.54) is 44.9 Å². The van der Waals surface area contributed by atoms with Crippen LogP contribution in [0.3, 0.4) is 0 Å². The van der Waals surface area contributed by atoms with Crippen LogP contribution in [-0.2, 0) is 24.2 Å². The van der Waals surface area contributed by atoms with Gasteiger partial charge in [-0.25, -0.2) is 8.42 Å². The number of carbonyl (C=O) groups excluding carboxylic acids is 1. The van der Waals surface area contributed by atoms with Crippen LogP contribution < -0.4 is 5.32 Å². The zero-order valence-corrected chi connectivity index (χ0v) is 36.3. The number of hydrogen-bond donors (Lipinski definition) is 3. The Balaban J connectivity index is 1.20. The first-order valence-corrected chi connectivity index (χ1v) is 23.6. The first-order chi connectivity index (χ1) is 24.9. The van der Waals surface area contributed by atoms with Crippen LogP contribution in [0.2, 0.25) is 0 Å². The van der Waals surface area contributed by atoms with Crippen molar-refractivity contribution in [2.24, 2.45) is 62.6 Å². The molecule has 310 valence electrons. The van der Waals surface area contributed by atoms with Gasteiger partial charge in [-0.05, 0) is 150 Å². The molecule has 6 aliphatic rings. The normalized spacial score (nSPS) is 42.9. The number of carboxylic acids is 1. The smallest absolute Gasteiger partial charge is 0.309 e. The van der Waals surface area contributed by atoms with Crippen molar-refractivity contribution < 1.29 is 33.0 Å². The van der Waals surface area contributed by atoms with Crippen LogP contribution in [0.4, 0.5) is 0 Å². The molecule has 9 nitrogen and oxygen atoms in total. The molecule has 1 aliphatic heterocycles. The zero-order chi connectivity index (χ0) is 39.9. The molecule has 54 heavy (non-hydrogen) atoms. The molecule has 0 aromatic carbocycles. The predicted molar refractivity (Wildman–Crippen MR) is 214 cm³/mol. The summed E-state index contributed by atoms with van der Waals surface area (Å²) < 4.78 is 30.5. The maximum atomic E-state index is 13.1. The Morgan fingerprint density at radius 3 is 2.15 bits per heavy atom. The van der Waals surface area contributed by atoms with Crippen molar-refractivity contribution in [1.29, 1.82) is 0 Å². The van der Waals surface area contributed by atoms with Crippen LogP contribution in [0.5, 0.6) is 0 Å². The molecule has 1 heterocycles. The summed E-state index contributed by atoms with van der Waals surface area (Å²) in [6, 6.07) is -0.0382. The van der Waals surface area contributed by atoms with Gasteiger partial charge in [0, 0.05) is 30.1 Å². The zero-order valence-electron chi connectivity index (χ0n) is 35.5. The second-order valence-corrected chi connectivity index (χ2v) is 24.0. The minimum Gasteiger partial charge on any atom is -0.481 e. The van der Waals surface area contributed by atoms with Gasteiger partial charge in [-0.1, -0.05) is 48.5 Å². The lowest BCUT2D eigenvalue weighted by atomic mass is 9.32. The quantitative estimate of drug-likeness (QED) is 0.184. The van der Waals surface area contributed by atoms with E-state index in [1.807, 2.05) is 6.92 Å². The van der Waals surface area contributed by atoms with Crippen molar-refractivity contribution >= 4 is 21.8 Å². The second kappa shape index (κ2) is 14.5. The van der Waals surface area contributed by atoms with E-state index in [4.69, 9.17) is 4.74 Å². The van der Waals surface area contributed by atoms with E-state index >= 15 is 0 Å². The minimum atomic E-state index is -2.98. The first kappa shape index (κ1) is 42.4. The summed E-state index contributed by atoms with van der Waals surface area (Å²) >= 11 is 0. The maximum Gasteiger partial charge on any atom is 0.309 e. The molecule has 0 radical (unpaired) electrons. The molecule has 0 aromatic rings.